The molecule has 0 aliphatic heterocycles. The number of ketones is 3. The quantitative estimate of drug-likeness (QED) is 0.0759. The molecule has 0 aliphatic carbocycles. The van der Waals surface area contributed by atoms with Crippen LogP contribution >= 0.6 is 0 Å². The van der Waals surface area contributed by atoms with Crippen molar-refractivity contribution >= 4 is 17.3 Å². The first-order chi connectivity index (χ1) is 19.1. The predicted octanol–water partition coefficient (Wildman–Crippen LogP) is 6.43. The van der Waals surface area contributed by atoms with Crippen molar-refractivity contribution in [3.63, 3.8) is 0 Å². The van der Waals surface area contributed by atoms with Gasteiger partial charge < -0.3 is 23.8 Å². The number of unbranched alkanes of at least 4 members (excludes halogenated alkanes) is 3. The monoisotopic (exact) mass is 567 g/mol. The number of rotatable bonds is 29. The molecule has 1 atom stereocenters. The highest BCUT2D eigenvalue weighted by Gasteiger charge is 2.34. The van der Waals surface area contributed by atoms with E-state index < -0.39 is 5.54 Å². The summed E-state index contributed by atoms with van der Waals surface area (Å²) in [6.07, 6.45) is 9.46. The first-order valence-electron chi connectivity index (χ1n) is 15.4. The van der Waals surface area contributed by atoms with Crippen LogP contribution in [0.15, 0.2) is 0 Å². The summed E-state index contributed by atoms with van der Waals surface area (Å²) in [7, 11) is 0. The Morgan fingerprint density at radius 1 is 0.625 bits per heavy atom. The lowest BCUT2D eigenvalue weighted by Crippen LogP contribution is -2.28. The molecule has 0 N–H and O–H groups in total. The van der Waals surface area contributed by atoms with Gasteiger partial charge in [0.25, 0.3) is 0 Å². The maximum absolute atomic E-state index is 12.1. The molecule has 0 amide bonds. The molecule has 0 saturated carbocycles. The molecule has 232 valence electrons. The van der Waals surface area contributed by atoms with E-state index >= 15 is 0 Å². The molecule has 0 bridgehead atoms. The highest BCUT2D eigenvalue weighted by Crippen LogP contribution is 2.27. The van der Waals surface area contributed by atoms with Gasteiger partial charge in [-0.25, -0.2) is 6.57 Å². The Kier molecular flexibility index (Phi) is 24.0. The summed E-state index contributed by atoms with van der Waals surface area (Å²) in [5, 5.41) is 0. The zero-order chi connectivity index (χ0) is 30.1. The summed E-state index contributed by atoms with van der Waals surface area (Å²) in [4.78, 5) is 39.5. The molecule has 0 aliphatic rings. The Labute approximate surface area is 244 Å². The van der Waals surface area contributed by atoms with E-state index in [4.69, 9.17) is 25.5 Å². The van der Waals surface area contributed by atoms with Crippen molar-refractivity contribution in [1.82, 2.24) is 0 Å². The van der Waals surface area contributed by atoms with Crippen LogP contribution in [0.3, 0.4) is 0 Å². The van der Waals surface area contributed by atoms with Crippen LogP contribution in [0.4, 0.5) is 0 Å². The van der Waals surface area contributed by atoms with Crippen LogP contribution in [0, 0.1) is 18.4 Å². The van der Waals surface area contributed by atoms with E-state index in [-0.39, 0.29) is 36.5 Å². The number of carbonyl (C=O) groups is 3. The Morgan fingerprint density at radius 2 is 1.10 bits per heavy atom. The first kappa shape index (κ1) is 38.3. The van der Waals surface area contributed by atoms with Crippen molar-refractivity contribution in [2.24, 2.45) is 11.8 Å². The normalized spacial score (nSPS) is 12.9. The first-order valence-corrected chi connectivity index (χ1v) is 15.4. The lowest BCUT2D eigenvalue weighted by molar-refractivity contribution is -0.125. The summed E-state index contributed by atoms with van der Waals surface area (Å²) < 4.78 is 21.7. The number of Topliss-reactive ketones (excluding diaryl/α,β-unsaturated/α-hetero) is 3. The van der Waals surface area contributed by atoms with Gasteiger partial charge in [0.2, 0.25) is 5.54 Å². The Bertz CT molecular complexity index is 717. The molecular formula is C32H57NO7. The molecule has 40 heavy (non-hydrogen) atoms. The molecule has 8 nitrogen and oxygen atoms in total. The molecule has 0 rings (SSSR count). The van der Waals surface area contributed by atoms with Crippen LogP contribution in [0.2, 0.25) is 0 Å². The lowest BCUT2D eigenvalue weighted by Gasteiger charge is -2.20. The van der Waals surface area contributed by atoms with Gasteiger partial charge in [-0.1, -0.05) is 53.4 Å². The number of carbonyl (C=O) groups excluding carboxylic acids is 3. The molecule has 0 heterocycles. The Morgan fingerprint density at radius 3 is 1.60 bits per heavy atom. The zero-order valence-electron chi connectivity index (χ0n) is 26.1. The van der Waals surface area contributed by atoms with Crippen LogP contribution in [0.1, 0.15) is 112 Å². The summed E-state index contributed by atoms with van der Waals surface area (Å²) in [5.41, 5.74) is -0.475. The standard InChI is InChI=1S/C32H57NO7/c1-27(2)13-9-7-8-10-14-30(35)25-39-23-22-38-20-12-16-31(36)26-40-24-21-37-19-11-15-29(34)17-18-32(5,33-6)28(3)4/h27-28H,7-26H2,1-5H3. The molecule has 0 aromatic carbocycles. The average molecular weight is 568 g/mol. The van der Waals surface area contributed by atoms with Gasteiger partial charge in [-0.3, -0.25) is 14.4 Å². The van der Waals surface area contributed by atoms with Gasteiger partial charge in [0.05, 0.1) is 26.4 Å². The smallest absolute Gasteiger partial charge is 0.232 e. The highest BCUT2D eigenvalue weighted by atomic mass is 16.5. The average Bonchev–Trinajstić information content (AvgIpc) is 2.91. The van der Waals surface area contributed by atoms with E-state index in [9.17, 15) is 14.4 Å². The van der Waals surface area contributed by atoms with Crippen LogP contribution in [-0.4, -0.2) is 75.7 Å². The molecule has 0 aromatic rings. The Balaban J connectivity index is 3.46. The van der Waals surface area contributed by atoms with Crippen molar-refractivity contribution in [2.45, 2.75) is 117 Å². The number of hydrogen-bond acceptors (Lipinski definition) is 7. The SMILES string of the molecule is [C-]#[N+]C(C)(CCC(=O)CCCOCCOCC(=O)CCCOCCOCC(=O)CCCCCCC(C)C)C(C)C. The molecule has 0 radical (unpaired) electrons. The minimum Gasteiger partial charge on any atom is -0.379 e. The molecular weight excluding hydrogens is 510 g/mol. The second-order valence-electron chi connectivity index (χ2n) is 11.6. The summed E-state index contributed by atoms with van der Waals surface area (Å²) >= 11 is 0. The number of ether oxygens (including phenoxy) is 4. The topological polar surface area (TPSA) is 92.5 Å². The van der Waals surface area contributed by atoms with Gasteiger partial charge in [0.1, 0.15) is 19.0 Å². The van der Waals surface area contributed by atoms with Gasteiger partial charge in [-0.05, 0) is 25.2 Å². The van der Waals surface area contributed by atoms with E-state index in [1.165, 1.54) is 19.3 Å². The van der Waals surface area contributed by atoms with Gasteiger partial charge in [-0.2, -0.15) is 0 Å². The zero-order valence-corrected chi connectivity index (χ0v) is 26.1. The Hall–Kier alpha value is -1.66. The third kappa shape index (κ3) is 23.1. The molecule has 8 heteroatoms. The van der Waals surface area contributed by atoms with Gasteiger partial charge in [0.15, 0.2) is 11.6 Å². The van der Waals surface area contributed by atoms with E-state index in [0.29, 0.717) is 84.6 Å². The van der Waals surface area contributed by atoms with E-state index in [0.717, 1.165) is 18.8 Å². The third-order valence-corrected chi connectivity index (χ3v) is 7.15. The predicted molar refractivity (Wildman–Crippen MR) is 158 cm³/mol. The fourth-order valence-electron chi connectivity index (χ4n) is 3.92. The fraction of sp³-hybridized carbons (Fsp3) is 0.875. The molecule has 0 spiro atoms. The summed E-state index contributed by atoms with van der Waals surface area (Å²) in [6, 6.07) is 0. The lowest BCUT2D eigenvalue weighted by atomic mass is 9.84. The van der Waals surface area contributed by atoms with Crippen molar-refractivity contribution in [2.75, 3.05) is 52.9 Å². The second kappa shape index (κ2) is 25.1. The maximum atomic E-state index is 12.1. The van der Waals surface area contributed by atoms with Crippen LogP contribution in [0.25, 0.3) is 4.85 Å². The molecule has 1 unspecified atom stereocenters. The molecule has 0 fully saturated rings. The van der Waals surface area contributed by atoms with Crippen molar-refractivity contribution in [3.05, 3.63) is 11.4 Å². The van der Waals surface area contributed by atoms with Gasteiger partial charge in [-0.15, -0.1) is 0 Å². The van der Waals surface area contributed by atoms with Gasteiger partial charge >= 0.3 is 0 Å². The van der Waals surface area contributed by atoms with Crippen LogP contribution in [0.5, 0.6) is 0 Å². The third-order valence-electron chi connectivity index (χ3n) is 7.15. The highest BCUT2D eigenvalue weighted by molar-refractivity contribution is 5.80. The van der Waals surface area contributed by atoms with Crippen molar-refractivity contribution in [3.8, 4) is 0 Å². The van der Waals surface area contributed by atoms with Crippen molar-refractivity contribution in [1.29, 1.82) is 0 Å². The number of nitrogens with zero attached hydrogens (tertiary/aromatic N) is 1. The summed E-state index contributed by atoms with van der Waals surface area (Å²) in [6.45, 7) is 20.4. The maximum Gasteiger partial charge on any atom is 0.232 e. The van der Waals surface area contributed by atoms with Crippen LogP contribution in [-0.2, 0) is 33.3 Å². The van der Waals surface area contributed by atoms with E-state index in [2.05, 4.69) is 18.7 Å². The van der Waals surface area contributed by atoms with Gasteiger partial charge in [0, 0.05) is 58.2 Å². The minimum atomic E-state index is -0.475. The van der Waals surface area contributed by atoms with E-state index in [1.54, 1.807) is 0 Å². The van der Waals surface area contributed by atoms with Crippen molar-refractivity contribution < 1.29 is 33.3 Å². The van der Waals surface area contributed by atoms with Crippen LogP contribution < -0.4 is 0 Å². The molecule has 0 aromatic heterocycles. The largest absolute Gasteiger partial charge is 0.379 e. The second-order valence-corrected chi connectivity index (χ2v) is 11.6. The number of hydrogen-bond donors (Lipinski definition) is 0. The molecule has 0 saturated heterocycles. The fourth-order valence-corrected chi connectivity index (χ4v) is 3.92. The van der Waals surface area contributed by atoms with E-state index in [1.807, 2.05) is 20.8 Å². The minimum absolute atomic E-state index is 0.0214. The summed E-state index contributed by atoms with van der Waals surface area (Å²) in [5.74, 6) is 1.31.